The monoisotopic (exact) mass is 484 g/mol. The van der Waals surface area contributed by atoms with Gasteiger partial charge < -0.3 is 14.6 Å². The predicted molar refractivity (Wildman–Crippen MR) is 107 cm³/mol. The van der Waals surface area contributed by atoms with Gasteiger partial charge in [0.15, 0.2) is 11.6 Å². The van der Waals surface area contributed by atoms with Crippen LogP contribution in [0.1, 0.15) is 11.1 Å². The van der Waals surface area contributed by atoms with E-state index in [1.54, 1.807) is 30.3 Å². The summed E-state index contributed by atoms with van der Waals surface area (Å²) in [6, 6.07) is 17.5. The van der Waals surface area contributed by atoms with Gasteiger partial charge in [-0.05, 0) is 47.5 Å². The Hall–Kier alpha value is -2.42. The van der Waals surface area contributed by atoms with Gasteiger partial charge in [0.1, 0.15) is 5.75 Å². The summed E-state index contributed by atoms with van der Waals surface area (Å²) in [5, 5.41) is 10.3. The molecular weight excluding hydrogens is 468 g/mol. The zero-order valence-corrected chi connectivity index (χ0v) is 17.1. The molecule has 158 valence electrons. The van der Waals surface area contributed by atoms with Crippen molar-refractivity contribution in [3.8, 4) is 11.5 Å². The fourth-order valence-electron chi connectivity index (χ4n) is 2.70. The highest BCUT2D eigenvalue weighted by molar-refractivity contribution is 9.10. The molecule has 0 aliphatic heterocycles. The van der Waals surface area contributed by atoms with Crippen LogP contribution >= 0.6 is 15.9 Å². The second kappa shape index (κ2) is 9.16. The number of ether oxygens (including phenoxy) is 2. The average Bonchev–Trinajstić information content (AvgIpc) is 2.70. The van der Waals surface area contributed by atoms with Crippen LogP contribution < -0.4 is 4.74 Å². The first kappa shape index (κ1) is 22.3. The molecule has 1 atom stereocenters. The zero-order valence-electron chi connectivity index (χ0n) is 15.5. The van der Waals surface area contributed by atoms with E-state index in [1.165, 1.54) is 36.4 Å². The summed E-state index contributed by atoms with van der Waals surface area (Å²) < 4.78 is 65.9. The fraction of sp³-hybridized carbons (Fsp3) is 0.182. The maximum Gasteiger partial charge on any atom is 0.423 e. The maximum absolute atomic E-state index is 14.0. The summed E-state index contributed by atoms with van der Waals surface area (Å²) >= 11 is 3.15. The number of para-hydroxylation sites is 1. The molecule has 0 aliphatic rings. The molecule has 0 bridgehead atoms. The molecule has 0 amide bonds. The summed E-state index contributed by atoms with van der Waals surface area (Å²) in [6.45, 7) is -1.30. The second-order valence-corrected chi connectivity index (χ2v) is 7.45. The minimum absolute atomic E-state index is 0.0821. The SMILES string of the molecule is OC(COCc1ccc(F)c(Oc2ccccc2)c1)(c1ccc(Br)cc1)C(F)(F)F. The van der Waals surface area contributed by atoms with Gasteiger partial charge in [-0.1, -0.05) is 52.3 Å². The van der Waals surface area contributed by atoms with E-state index in [-0.39, 0.29) is 17.9 Å². The molecule has 3 rings (SSSR count). The van der Waals surface area contributed by atoms with Crippen LogP contribution in [-0.4, -0.2) is 17.9 Å². The summed E-state index contributed by atoms with van der Waals surface area (Å²) in [5.74, 6) is -0.290. The molecule has 0 saturated heterocycles. The number of benzene rings is 3. The van der Waals surface area contributed by atoms with E-state index < -0.39 is 24.2 Å². The molecule has 0 radical (unpaired) electrons. The molecule has 0 aliphatic carbocycles. The molecule has 3 aromatic carbocycles. The first-order valence-electron chi connectivity index (χ1n) is 8.83. The van der Waals surface area contributed by atoms with Crippen molar-refractivity contribution in [2.75, 3.05) is 6.61 Å². The van der Waals surface area contributed by atoms with Crippen LogP contribution in [0.3, 0.4) is 0 Å². The lowest BCUT2D eigenvalue weighted by Crippen LogP contribution is -2.46. The molecule has 1 unspecified atom stereocenters. The van der Waals surface area contributed by atoms with Crippen molar-refractivity contribution in [2.45, 2.75) is 18.4 Å². The van der Waals surface area contributed by atoms with Crippen LogP contribution in [0.25, 0.3) is 0 Å². The standard InChI is InChI=1S/C22H17BrF4O3/c23-17-9-7-16(8-10-17)21(28,22(25,26)27)14-29-13-15-6-11-19(24)20(12-15)30-18-4-2-1-3-5-18/h1-12,28H,13-14H2. The predicted octanol–water partition coefficient (Wildman–Crippen LogP) is 6.35. The number of rotatable bonds is 7. The normalized spacial score (nSPS) is 13.7. The summed E-state index contributed by atoms with van der Waals surface area (Å²) in [5.41, 5.74) is -3.13. The van der Waals surface area contributed by atoms with Crippen molar-refractivity contribution in [2.24, 2.45) is 0 Å². The number of hydrogen-bond donors (Lipinski definition) is 1. The van der Waals surface area contributed by atoms with Crippen LogP contribution in [0.2, 0.25) is 0 Å². The van der Waals surface area contributed by atoms with E-state index >= 15 is 0 Å². The average molecular weight is 485 g/mol. The van der Waals surface area contributed by atoms with Gasteiger partial charge in [0, 0.05) is 4.47 Å². The molecule has 0 spiro atoms. The summed E-state index contributed by atoms with van der Waals surface area (Å²) in [4.78, 5) is 0. The van der Waals surface area contributed by atoms with E-state index in [9.17, 15) is 22.7 Å². The molecule has 0 heterocycles. The van der Waals surface area contributed by atoms with Crippen LogP contribution in [0.15, 0.2) is 77.3 Å². The van der Waals surface area contributed by atoms with Crippen LogP contribution in [0, 0.1) is 5.82 Å². The third-order valence-corrected chi connectivity index (χ3v) is 4.87. The van der Waals surface area contributed by atoms with Gasteiger partial charge >= 0.3 is 6.18 Å². The second-order valence-electron chi connectivity index (χ2n) is 6.54. The minimum Gasteiger partial charge on any atom is -0.454 e. The lowest BCUT2D eigenvalue weighted by atomic mass is 9.94. The Bertz CT molecular complexity index is 978. The number of alkyl halides is 3. The number of halogens is 5. The van der Waals surface area contributed by atoms with Crippen molar-refractivity contribution in [3.05, 3.63) is 94.2 Å². The largest absolute Gasteiger partial charge is 0.454 e. The molecule has 3 nitrogen and oxygen atoms in total. The number of aliphatic hydroxyl groups is 1. The van der Waals surface area contributed by atoms with Crippen LogP contribution in [0.5, 0.6) is 11.5 Å². The first-order chi connectivity index (χ1) is 14.2. The smallest absolute Gasteiger partial charge is 0.423 e. The third kappa shape index (κ3) is 5.19. The molecule has 3 aromatic rings. The first-order valence-corrected chi connectivity index (χ1v) is 9.62. The quantitative estimate of drug-likeness (QED) is 0.397. The summed E-state index contributed by atoms with van der Waals surface area (Å²) in [7, 11) is 0. The van der Waals surface area contributed by atoms with E-state index in [2.05, 4.69) is 15.9 Å². The lowest BCUT2D eigenvalue weighted by molar-refractivity contribution is -0.283. The van der Waals surface area contributed by atoms with Crippen molar-refractivity contribution in [3.63, 3.8) is 0 Å². The minimum atomic E-state index is -4.95. The van der Waals surface area contributed by atoms with Crippen molar-refractivity contribution in [1.82, 2.24) is 0 Å². The number of hydrogen-bond acceptors (Lipinski definition) is 3. The molecule has 0 fully saturated rings. The maximum atomic E-state index is 14.0. The van der Waals surface area contributed by atoms with E-state index in [0.717, 1.165) is 6.07 Å². The molecule has 1 N–H and O–H groups in total. The molecule has 30 heavy (non-hydrogen) atoms. The van der Waals surface area contributed by atoms with E-state index in [4.69, 9.17) is 9.47 Å². The summed E-state index contributed by atoms with van der Waals surface area (Å²) in [6.07, 6.45) is -4.95. The highest BCUT2D eigenvalue weighted by atomic mass is 79.9. The Kier molecular flexibility index (Phi) is 6.80. The van der Waals surface area contributed by atoms with Crippen molar-refractivity contribution in [1.29, 1.82) is 0 Å². The van der Waals surface area contributed by atoms with Crippen LogP contribution in [0.4, 0.5) is 17.6 Å². The Morgan fingerprint density at radius 2 is 1.57 bits per heavy atom. The molecular formula is C22H17BrF4O3. The van der Waals surface area contributed by atoms with Gasteiger partial charge in [0.05, 0.1) is 13.2 Å². The zero-order chi connectivity index (χ0) is 21.8. The van der Waals surface area contributed by atoms with Gasteiger partial charge in [0.25, 0.3) is 0 Å². The Labute approximate surface area is 179 Å². The van der Waals surface area contributed by atoms with E-state index in [1.807, 2.05) is 0 Å². The topological polar surface area (TPSA) is 38.7 Å². The molecule has 0 saturated carbocycles. The van der Waals surface area contributed by atoms with Gasteiger partial charge in [-0.2, -0.15) is 13.2 Å². The highest BCUT2D eigenvalue weighted by Crippen LogP contribution is 2.39. The molecule has 8 heteroatoms. The van der Waals surface area contributed by atoms with Gasteiger partial charge in [0.2, 0.25) is 5.60 Å². The van der Waals surface area contributed by atoms with Crippen molar-refractivity contribution >= 4 is 15.9 Å². The van der Waals surface area contributed by atoms with Gasteiger partial charge in [-0.15, -0.1) is 0 Å². The van der Waals surface area contributed by atoms with Crippen LogP contribution in [-0.2, 0) is 16.9 Å². The molecule has 0 aromatic heterocycles. The van der Waals surface area contributed by atoms with Gasteiger partial charge in [-0.3, -0.25) is 0 Å². The fourth-order valence-corrected chi connectivity index (χ4v) is 2.97. The lowest BCUT2D eigenvalue weighted by Gasteiger charge is -2.30. The van der Waals surface area contributed by atoms with E-state index in [0.29, 0.717) is 15.8 Å². The third-order valence-electron chi connectivity index (χ3n) is 4.34. The van der Waals surface area contributed by atoms with Crippen molar-refractivity contribution < 1.29 is 32.1 Å². The Morgan fingerprint density at radius 3 is 2.20 bits per heavy atom. The highest BCUT2D eigenvalue weighted by Gasteiger charge is 2.55. The Morgan fingerprint density at radius 1 is 0.900 bits per heavy atom. The van der Waals surface area contributed by atoms with Gasteiger partial charge in [-0.25, -0.2) is 4.39 Å². The Balaban J connectivity index is 1.72.